The van der Waals surface area contributed by atoms with Crippen LogP contribution in [0.3, 0.4) is 0 Å². The van der Waals surface area contributed by atoms with E-state index in [-0.39, 0.29) is 0 Å². The van der Waals surface area contributed by atoms with Crippen molar-refractivity contribution in [2.75, 3.05) is 11.9 Å². The molecule has 0 atom stereocenters. The van der Waals surface area contributed by atoms with Gasteiger partial charge in [-0.1, -0.05) is 55.9 Å². The highest BCUT2D eigenvalue weighted by Gasteiger charge is 2.21. The van der Waals surface area contributed by atoms with E-state index in [1.807, 2.05) is 18.2 Å². The summed E-state index contributed by atoms with van der Waals surface area (Å²) in [4.78, 5) is 11.2. The van der Waals surface area contributed by atoms with Crippen molar-refractivity contribution in [3.63, 3.8) is 0 Å². The van der Waals surface area contributed by atoms with Gasteiger partial charge in [0.05, 0.1) is 15.3 Å². The molecule has 1 aliphatic heterocycles. The van der Waals surface area contributed by atoms with E-state index in [0.717, 1.165) is 62.1 Å². The van der Waals surface area contributed by atoms with Crippen molar-refractivity contribution in [2.24, 2.45) is 5.92 Å². The number of rotatable bonds is 5. The topological polar surface area (TPSA) is 47.0 Å². The lowest BCUT2D eigenvalue weighted by atomic mass is 10.0. The summed E-state index contributed by atoms with van der Waals surface area (Å²) < 4.78 is 6.33. The summed E-state index contributed by atoms with van der Waals surface area (Å²) in [5.41, 5.74) is 3.11. The normalized spacial score (nSPS) is 12.4. The molecule has 0 fully saturated rings. The Labute approximate surface area is 180 Å². The third-order valence-corrected chi connectivity index (χ3v) is 6.32. The lowest BCUT2D eigenvalue weighted by Gasteiger charge is -2.22. The summed E-state index contributed by atoms with van der Waals surface area (Å²) in [5.74, 6) is 3.34. The molecule has 5 heteroatoms. The van der Waals surface area contributed by atoms with Crippen molar-refractivity contribution in [1.29, 1.82) is 0 Å². The van der Waals surface area contributed by atoms with Gasteiger partial charge < -0.3 is 10.1 Å². The third kappa shape index (κ3) is 3.61. The molecule has 1 N–H and O–H groups in total. The Hall–Kier alpha value is -3.05. The predicted octanol–water partition coefficient (Wildman–Crippen LogP) is 7.01. The number of hydrogen-bond acceptors (Lipinski definition) is 5. The molecule has 0 aliphatic carbocycles. The number of benzene rings is 3. The summed E-state index contributed by atoms with van der Waals surface area (Å²) in [6.45, 7) is 5.35. The van der Waals surface area contributed by atoms with E-state index < -0.39 is 0 Å². The van der Waals surface area contributed by atoms with Gasteiger partial charge in [0, 0.05) is 17.5 Å². The zero-order chi connectivity index (χ0) is 20.5. The van der Waals surface area contributed by atoms with E-state index >= 15 is 0 Å². The van der Waals surface area contributed by atoms with Gasteiger partial charge in [0.1, 0.15) is 23.6 Å². The van der Waals surface area contributed by atoms with Gasteiger partial charge in [0.2, 0.25) is 0 Å². The van der Waals surface area contributed by atoms with Crippen LogP contribution in [0.25, 0.3) is 22.0 Å². The van der Waals surface area contributed by atoms with Crippen LogP contribution in [-0.4, -0.2) is 16.5 Å². The number of nitrogens with zero attached hydrogens (tertiary/aromatic N) is 2. The van der Waals surface area contributed by atoms with Crippen molar-refractivity contribution >= 4 is 28.5 Å². The standard InChI is InChI=1S/C25H23N3OS/c1-16(2)12-13-26-25-19-14-17(10-11-20(19)27-15-28-25)18-6-5-9-23-24(18)29-21-7-3-4-8-22(21)30-23/h3-11,14-16H,12-13H2,1-2H3,(H,26,27,28). The molecule has 4 aromatic rings. The Bertz CT molecular complexity index is 1220. The Morgan fingerprint density at radius 1 is 0.967 bits per heavy atom. The van der Waals surface area contributed by atoms with E-state index in [1.54, 1.807) is 18.1 Å². The molecule has 4 nitrogen and oxygen atoms in total. The molecule has 0 saturated carbocycles. The summed E-state index contributed by atoms with van der Waals surface area (Å²) >= 11 is 1.75. The first-order valence-corrected chi connectivity index (χ1v) is 11.1. The Morgan fingerprint density at radius 2 is 1.83 bits per heavy atom. The molecule has 2 heterocycles. The zero-order valence-corrected chi connectivity index (χ0v) is 17.9. The second kappa shape index (κ2) is 8.00. The lowest BCUT2D eigenvalue weighted by Crippen LogP contribution is -2.07. The molecule has 0 bridgehead atoms. The molecule has 150 valence electrons. The first kappa shape index (κ1) is 18.9. The van der Waals surface area contributed by atoms with Gasteiger partial charge in [-0.2, -0.15) is 0 Å². The van der Waals surface area contributed by atoms with Gasteiger partial charge in [-0.3, -0.25) is 0 Å². The quantitative estimate of drug-likeness (QED) is 0.336. The largest absolute Gasteiger partial charge is 0.454 e. The van der Waals surface area contributed by atoms with Crippen molar-refractivity contribution in [1.82, 2.24) is 9.97 Å². The lowest BCUT2D eigenvalue weighted by molar-refractivity contribution is 0.456. The Morgan fingerprint density at radius 3 is 2.73 bits per heavy atom. The summed E-state index contributed by atoms with van der Waals surface area (Å²) in [6, 6.07) is 20.8. The highest BCUT2D eigenvalue weighted by atomic mass is 32.2. The van der Waals surface area contributed by atoms with E-state index in [4.69, 9.17) is 4.74 Å². The number of fused-ring (bicyclic) bond motifs is 3. The minimum Gasteiger partial charge on any atom is -0.454 e. The summed E-state index contributed by atoms with van der Waals surface area (Å²) in [5, 5.41) is 4.51. The molecule has 0 saturated heterocycles. The number of anilines is 1. The SMILES string of the molecule is CC(C)CCNc1ncnc2ccc(-c3cccc4c3Oc3ccccc3S4)cc12. The van der Waals surface area contributed by atoms with E-state index in [1.165, 1.54) is 0 Å². The molecular weight excluding hydrogens is 390 g/mol. The van der Waals surface area contributed by atoms with E-state index in [0.29, 0.717) is 5.92 Å². The highest BCUT2D eigenvalue weighted by Crippen LogP contribution is 2.50. The van der Waals surface area contributed by atoms with Crippen LogP contribution in [-0.2, 0) is 0 Å². The molecular formula is C25H23N3OS. The van der Waals surface area contributed by atoms with Crippen molar-refractivity contribution in [3.8, 4) is 22.6 Å². The van der Waals surface area contributed by atoms with Gasteiger partial charge in [0.15, 0.2) is 0 Å². The Balaban J connectivity index is 1.55. The number of para-hydroxylation sites is 2. The maximum absolute atomic E-state index is 6.33. The number of ether oxygens (including phenoxy) is 1. The molecule has 0 unspecified atom stereocenters. The van der Waals surface area contributed by atoms with Crippen LogP contribution in [0.2, 0.25) is 0 Å². The Kier molecular flexibility index (Phi) is 5.05. The monoisotopic (exact) mass is 413 g/mol. The molecule has 30 heavy (non-hydrogen) atoms. The van der Waals surface area contributed by atoms with Crippen LogP contribution >= 0.6 is 11.8 Å². The predicted molar refractivity (Wildman–Crippen MR) is 124 cm³/mol. The third-order valence-electron chi connectivity index (χ3n) is 5.22. The smallest absolute Gasteiger partial charge is 0.149 e. The fourth-order valence-electron chi connectivity index (χ4n) is 3.62. The van der Waals surface area contributed by atoms with Gasteiger partial charge in [-0.15, -0.1) is 0 Å². The van der Waals surface area contributed by atoms with E-state index in [2.05, 4.69) is 71.6 Å². The maximum Gasteiger partial charge on any atom is 0.149 e. The first-order chi connectivity index (χ1) is 14.7. The van der Waals surface area contributed by atoms with Crippen LogP contribution in [0.5, 0.6) is 11.5 Å². The molecule has 5 rings (SSSR count). The van der Waals surface area contributed by atoms with Crippen molar-refractivity contribution in [2.45, 2.75) is 30.1 Å². The maximum atomic E-state index is 6.33. The minimum absolute atomic E-state index is 0.648. The fraction of sp³-hybridized carbons (Fsp3) is 0.200. The van der Waals surface area contributed by atoms with Crippen molar-refractivity contribution in [3.05, 3.63) is 67.0 Å². The second-order valence-electron chi connectivity index (χ2n) is 7.85. The van der Waals surface area contributed by atoms with Gasteiger partial charge in [-0.25, -0.2) is 9.97 Å². The van der Waals surface area contributed by atoms with Crippen LogP contribution in [0.15, 0.2) is 76.8 Å². The molecule has 1 aromatic heterocycles. The van der Waals surface area contributed by atoms with Crippen LogP contribution in [0.1, 0.15) is 20.3 Å². The van der Waals surface area contributed by atoms with Crippen molar-refractivity contribution < 1.29 is 4.74 Å². The second-order valence-corrected chi connectivity index (χ2v) is 8.93. The minimum atomic E-state index is 0.648. The van der Waals surface area contributed by atoms with Crippen LogP contribution < -0.4 is 10.1 Å². The average Bonchev–Trinajstić information content (AvgIpc) is 2.77. The zero-order valence-electron chi connectivity index (χ0n) is 17.1. The molecule has 3 aromatic carbocycles. The summed E-state index contributed by atoms with van der Waals surface area (Å²) in [7, 11) is 0. The summed E-state index contributed by atoms with van der Waals surface area (Å²) in [6.07, 6.45) is 2.72. The van der Waals surface area contributed by atoms with Gasteiger partial charge in [-0.05, 0) is 48.2 Å². The number of aromatic nitrogens is 2. The van der Waals surface area contributed by atoms with E-state index in [9.17, 15) is 0 Å². The number of nitrogens with one attached hydrogen (secondary N) is 1. The van der Waals surface area contributed by atoms with Crippen LogP contribution in [0.4, 0.5) is 5.82 Å². The molecule has 0 spiro atoms. The average molecular weight is 414 g/mol. The van der Waals surface area contributed by atoms with Gasteiger partial charge >= 0.3 is 0 Å². The van der Waals surface area contributed by atoms with Gasteiger partial charge in [0.25, 0.3) is 0 Å². The fourth-order valence-corrected chi connectivity index (χ4v) is 4.61. The highest BCUT2D eigenvalue weighted by molar-refractivity contribution is 7.99. The molecule has 0 amide bonds. The van der Waals surface area contributed by atoms with Crippen LogP contribution in [0, 0.1) is 5.92 Å². The first-order valence-electron chi connectivity index (χ1n) is 10.3. The number of hydrogen-bond donors (Lipinski definition) is 1. The molecule has 1 aliphatic rings. The molecule has 0 radical (unpaired) electrons.